The zero-order valence-corrected chi connectivity index (χ0v) is 20.3. The van der Waals surface area contributed by atoms with E-state index >= 15 is 0 Å². The minimum atomic E-state index is -0.235. The molecule has 0 radical (unpaired) electrons. The van der Waals surface area contributed by atoms with Crippen molar-refractivity contribution in [2.24, 2.45) is 0 Å². The Labute approximate surface area is 201 Å². The first-order valence-corrected chi connectivity index (χ1v) is 11.3. The summed E-state index contributed by atoms with van der Waals surface area (Å²) in [4.78, 5) is 20.6. The Morgan fingerprint density at radius 2 is 1.73 bits per heavy atom. The van der Waals surface area contributed by atoms with E-state index in [-0.39, 0.29) is 6.03 Å². The van der Waals surface area contributed by atoms with Crippen LogP contribution in [0.25, 0.3) is 10.6 Å². The quantitative estimate of drug-likeness (QED) is 0.519. The van der Waals surface area contributed by atoms with Gasteiger partial charge in [0.1, 0.15) is 16.5 Å². The number of aromatic nitrogens is 1. The molecule has 33 heavy (non-hydrogen) atoms. The lowest BCUT2D eigenvalue weighted by Gasteiger charge is -2.26. The van der Waals surface area contributed by atoms with Gasteiger partial charge in [0.25, 0.3) is 0 Å². The molecule has 0 spiro atoms. The van der Waals surface area contributed by atoms with Crippen molar-refractivity contribution in [3.8, 4) is 33.6 Å². The zero-order chi connectivity index (χ0) is 23.5. The normalized spacial score (nSPS) is 12.7. The highest BCUT2D eigenvalue weighted by Crippen LogP contribution is 2.38. The highest BCUT2D eigenvalue weighted by atomic mass is 35.5. The maximum absolute atomic E-state index is 13.0. The molecule has 2 heterocycles. The molecular weight excluding hydrogens is 466 g/mol. The predicted octanol–water partition coefficient (Wildman–Crippen LogP) is 5.09. The van der Waals surface area contributed by atoms with Gasteiger partial charge in [0.15, 0.2) is 11.5 Å². The first kappa shape index (κ1) is 23.0. The summed E-state index contributed by atoms with van der Waals surface area (Å²) in [6.45, 7) is 1.03. The number of thiazole rings is 1. The van der Waals surface area contributed by atoms with E-state index in [1.54, 1.807) is 42.6 Å². The standard InChI is InChI=1S/C23H24ClN3O5S/c1-29-17-6-5-13(9-20(17)32-4)22-25-15-7-8-27(12-21(15)33-22)23(28)26-16-10-14(24)18(30-2)11-19(16)31-3/h5-6,9-11H,7-8,12H2,1-4H3,(H,26,28). The van der Waals surface area contributed by atoms with E-state index in [1.165, 1.54) is 14.2 Å². The van der Waals surface area contributed by atoms with Crippen LogP contribution in [0.4, 0.5) is 10.5 Å². The number of carbonyl (C=O) groups is 1. The third kappa shape index (κ3) is 4.65. The summed E-state index contributed by atoms with van der Waals surface area (Å²) in [6.07, 6.45) is 0.674. The van der Waals surface area contributed by atoms with Crippen molar-refractivity contribution in [1.29, 1.82) is 0 Å². The number of halogens is 1. The zero-order valence-electron chi connectivity index (χ0n) is 18.7. The van der Waals surface area contributed by atoms with Crippen molar-refractivity contribution in [1.82, 2.24) is 9.88 Å². The summed E-state index contributed by atoms with van der Waals surface area (Å²) in [5, 5.41) is 4.16. The number of hydrogen-bond donors (Lipinski definition) is 1. The number of hydrogen-bond acceptors (Lipinski definition) is 7. The first-order chi connectivity index (χ1) is 16.0. The summed E-state index contributed by atoms with van der Waals surface area (Å²) < 4.78 is 21.3. The second-order valence-electron chi connectivity index (χ2n) is 7.25. The van der Waals surface area contributed by atoms with Crippen LogP contribution in [0.1, 0.15) is 10.6 Å². The van der Waals surface area contributed by atoms with Crippen LogP contribution < -0.4 is 24.3 Å². The van der Waals surface area contributed by atoms with Gasteiger partial charge in [0.2, 0.25) is 0 Å². The van der Waals surface area contributed by atoms with E-state index in [0.717, 1.165) is 21.1 Å². The lowest BCUT2D eigenvalue weighted by molar-refractivity contribution is 0.206. The Hall–Kier alpha value is -3.17. The van der Waals surface area contributed by atoms with Gasteiger partial charge in [-0.1, -0.05) is 11.6 Å². The monoisotopic (exact) mass is 489 g/mol. The van der Waals surface area contributed by atoms with Crippen molar-refractivity contribution in [2.75, 3.05) is 40.3 Å². The Balaban J connectivity index is 1.51. The van der Waals surface area contributed by atoms with Gasteiger partial charge in [-0.05, 0) is 24.3 Å². The number of urea groups is 1. The minimum absolute atomic E-state index is 0.235. The molecule has 0 aliphatic carbocycles. The summed E-state index contributed by atoms with van der Waals surface area (Å²) in [5.41, 5.74) is 2.44. The Bertz CT molecular complexity index is 1180. The predicted molar refractivity (Wildman–Crippen MR) is 128 cm³/mol. The number of ether oxygens (including phenoxy) is 4. The average molecular weight is 490 g/mol. The maximum Gasteiger partial charge on any atom is 0.322 e. The molecule has 1 aromatic heterocycles. The molecule has 4 rings (SSSR count). The fourth-order valence-electron chi connectivity index (χ4n) is 3.61. The van der Waals surface area contributed by atoms with Crippen LogP contribution >= 0.6 is 22.9 Å². The SMILES string of the molecule is COc1cc(OC)c(NC(=O)N2CCc3nc(-c4ccc(OC)c(OC)c4)sc3C2)cc1Cl. The van der Waals surface area contributed by atoms with Crippen molar-refractivity contribution >= 4 is 34.7 Å². The van der Waals surface area contributed by atoms with Gasteiger partial charge in [-0.25, -0.2) is 9.78 Å². The van der Waals surface area contributed by atoms with Crippen LogP contribution in [0.15, 0.2) is 30.3 Å². The van der Waals surface area contributed by atoms with E-state index < -0.39 is 0 Å². The van der Waals surface area contributed by atoms with E-state index in [0.29, 0.717) is 53.2 Å². The van der Waals surface area contributed by atoms with Crippen molar-refractivity contribution in [3.63, 3.8) is 0 Å². The molecule has 0 unspecified atom stereocenters. The lowest BCUT2D eigenvalue weighted by atomic mass is 10.1. The number of amides is 2. The maximum atomic E-state index is 13.0. The molecule has 1 N–H and O–H groups in total. The first-order valence-electron chi connectivity index (χ1n) is 10.2. The molecule has 0 bridgehead atoms. The number of nitrogens with zero attached hydrogens (tertiary/aromatic N) is 2. The third-order valence-corrected chi connectivity index (χ3v) is 6.79. The molecule has 8 nitrogen and oxygen atoms in total. The number of anilines is 1. The van der Waals surface area contributed by atoms with Gasteiger partial charge >= 0.3 is 6.03 Å². The van der Waals surface area contributed by atoms with Crippen LogP contribution in [0.2, 0.25) is 5.02 Å². The molecule has 0 saturated heterocycles. The van der Waals surface area contributed by atoms with Crippen molar-refractivity contribution < 1.29 is 23.7 Å². The van der Waals surface area contributed by atoms with Crippen LogP contribution in [0, 0.1) is 0 Å². The fraction of sp³-hybridized carbons (Fsp3) is 0.304. The number of rotatable bonds is 6. The molecule has 3 aromatic rings. The molecule has 10 heteroatoms. The molecule has 1 aliphatic heterocycles. The van der Waals surface area contributed by atoms with Crippen LogP contribution in [-0.2, 0) is 13.0 Å². The molecule has 2 amide bonds. The fourth-order valence-corrected chi connectivity index (χ4v) is 4.97. The molecule has 2 aromatic carbocycles. The van der Waals surface area contributed by atoms with Gasteiger partial charge in [-0.15, -0.1) is 11.3 Å². The summed E-state index contributed by atoms with van der Waals surface area (Å²) in [6, 6.07) is 8.76. The topological polar surface area (TPSA) is 82.2 Å². The van der Waals surface area contributed by atoms with E-state index in [9.17, 15) is 4.79 Å². The van der Waals surface area contributed by atoms with Crippen LogP contribution in [-0.4, -0.2) is 50.9 Å². The highest BCUT2D eigenvalue weighted by Gasteiger charge is 2.25. The summed E-state index contributed by atoms with van der Waals surface area (Å²) in [7, 11) is 6.26. The minimum Gasteiger partial charge on any atom is -0.495 e. The lowest BCUT2D eigenvalue weighted by Crippen LogP contribution is -2.38. The summed E-state index contributed by atoms with van der Waals surface area (Å²) >= 11 is 7.80. The number of carbonyl (C=O) groups excluding carboxylic acids is 1. The Morgan fingerprint density at radius 1 is 1.00 bits per heavy atom. The van der Waals surface area contributed by atoms with Crippen LogP contribution in [0.5, 0.6) is 23.0 Å². The number of benzene rings is 2. The average Bonchev–Trinajstić information content (AvgIpc) is 3.27. The molecule has 174 valence electrons. The highest BCUT2D eigenvalue weighted by molar-refractivity contribution is 7.15. The molecule has 1 aliphatic rings. The number of nitrogens with one attached hydrogen (secondary N) is 1. The van der Waals surface area contributed by atoms with Gasteiger partial charge in [-0.3, -0.25) is 0 Å². The summed E-state index contributed by atoms with van der Waals surface area (Å²) in [5.74, 6) is 2.26. The van der Waals surface area contributed by atoms with E-state index in [1.807, 2.05) is 18.2 Å². The molecule has 0 saturated carbocycles. The largest absolute Gasteiger partial charge is 0.495 e. The van der Waals surface area contributed by atoms with Crippen molar-refractivity contribution in [3.05, 3.63) is 45.9 Å². The van der Waals surface area contributed by atoms with Gasteiger partial charge in [-0.2, -0.15) is 0 Å². The van der Waals surface area contributed by atoms with Crippen LogP contribution in [0.3, 0.4) is 0 Å². The van der Waals surface area contributed by atoms with Gasteiger partial charge < -0.3 is 29.2 Å². The Kier molecular flexibility index (Phi) is 6.80. The van der Waals surface area contributed by atoms with Gasteiger partial charge in [0, 0.05) is 29.5 Å². The number of methoxy groups -OCH3 is 4. The molecule has 0 fully saturated rings. The smallest absolute Gasteiger partial charge is 0.322 e. The third-order valence-electron chi connectivity index (χ3n) is 5.36. The number of fused-ring (bicyclic) bond motifs is 1. The molecule has 0 atom stereocenters. The van der Waals surface area contributed by atoms with E-state index in [2.05, 4.69) is 5.32 Å². The second-order valence-corrected chi connectivity index (χ2v) is 8.74. The van der Waals surface area contributed by atoms with E-state index in [4.69, 9.17) is 35.5 Å². The molecular formula is C23H24ClN3O5S. The van der Waals surface area contributed by atoms with Gasteiger partial charge in [0.05, 0.1) is 51.4 Å². The Morgan fingerprint density at radius 3 is 2.42 bits per heavy atom. The van der Waals surface area contributed by atoms with Crippen molar-refractivity contribution in [2.45, 2.75) is 13.0 Å². The second kappa shape index (κ2) is 9.76.